The Morgan fingerprint density at radius 3 is 2.33 bits per heavy atom. The Kier molecular flexibility index (Phi) is 3.27. The number of halogens is 1. The molecule has 0 aliphatic heterocycles. The maximum Gasteiger partial charge on any atom is 0.0821 e. The van der Waals surface area contributed by atoms with Crippen molar-refractivity contribution in [3.05, 3.63) is 33.3 Å². The maximum atomic E-state index is 10.7. The zero-order valence-corrected chi connectivity index (χ0v) is 12.7. The number of rotatable bonds is 2. The zero-order chi connectivity index (χ0) is 12.9. The van der Waals surface area contributed by atoms with E-state index in [4.69, 9.17) is 0 Å². The number of fused-ring (bicyclic) bond motifs is 2. The molecule has 0 radical (unpaired) electrons. The third-order valence-corrected chi connectivity index (χ3v) is 6.25. The summed E-state index contributed by atoms with van der Waals surface area (Å²) in [5, 5.41) is 10.7. The van der Waals surface area contributed by atoms with E-state index in [0.717, 1.165) is 17.4 Å². The van der Waals surface area contributed by atoms with Crippen molar-refractivity contribution in [3.63, 3.8) is 0 Å². The van der Waals surface area contributed by atoms with E-state index in [-0.39, 0.29) is 6.10 Å². The van der Waals surface area contributed by atoms with Gasteiger partial charge in [-0.15, -0.1) is 0 Å². The highest BCUT2D eigenvalue weighted by atomic mass is 79.9. The summed E-state index contributed by atoms with van der Waals surface area (Å²) >= 11 is 3.60. The van der Waals surface area contributed by atoms with Gasteiger partial charge < -0.3 is 5.11 Å². The smallest absolute Gasteiger partial charge is 0.0821 e. The summed E-state index contributed by atoms with van der Waals surface area (Å²) < 4.78 is 1.17. The summed E-state index contributed by atoms with van der Waals surface area (Å²) in [5.74, 6) is 2.17. The fourth-order valence-electron chi connectivity index (χ4n) is 4.08. The predicted octanol–water partition coefficient (Wildman–Crippen LogP) is 4.54. The number of aryl methyl sites for hydroxylation is 2. The SMILES string of the molecule is Cc1cc(C(O)C2CC3CCC2C3)cc(C)c1Br. The molecule has 1 N–H and O–H groups in total. The summed E-state index contributed by atoms with van der Waals surface area (Å²) in [6.07, 6.45) is 5.06. The van der Waals surface area contributed by atoms with E-state index >= 15 is 0 Å². The Bertz CT molecular complexity index is 445. The molecule has 0 spiro atoms. The molecule has 2 heteroatoms. The molecule has 4 unspecified atom stereocenters. The summed E-state index contributed by atoms with van der Waals surface area (Å²) in [4.78, 5) is 0. The van der Waals surface area contributed by atoms with Crippen LogP contribution in [0.4, 0.5) is 0 Å². The molecule has 98 valence electrons. The summed E-state index contributed by atoms with van der Waals surface area (Å²) in [7, 11) is 0. The highest BCUT2D eigenvalue weighted by Crippen LogP contribution is 2.52. The van der Waals surface area contributed by atoms with Gasteiger partial charge in [0.05, 0.1) is 6.10 Å². The van der Waals surface area contributed by atoms with Gasteiger partial charge in [-0.05, 0) is 67.6 Å². The van der Waals surface area contributed by atoms with Crippen LogP contribution in [0.15, 0.2) is 16.6 Å². The molecule has 1 nitrogen and oxygen atoms in total. The van der Waals surface area contributed by atoms with Crippen LogP contribution in [0, 0.1) is 31.6 Å². The molecular formula is C16H21BrO. The quantitative estimate of drug-likeness (QED) is 0.850. The number of benzene rings is 1. The summed E-state index contributed by atoms with van der Waals surface area (Å²) in [6, 6.07) is 4.29. The first-order valence-corrected chi connectivity index (χ1v) is 7.80. The van der Waals surface area contributed by atoms with Crippen LogP contribution in [0.3, 0.4) is 0 Å². The van der Waals surface area contributed by atoms with Crippen LogP contribution in [0.2, 0.25) is 0 Å². The molecule has 18 heavy (non-hydrogen) atoms. The molecule has 2 bridgehead atoms. The van der Waals surface area contributed by atoms with Crippen molar-refractivity contribution in [3.8, 4) is 0 Å². The van der Waals surface area contributed by atoms with Crippen molar-refractivity contribution in [1.29, 1.82) is 0 Å². The van der Waals surface area contributed by atoms with Crippen LogP contribution in [-0.2, 0) is 0 Å². The molecule has 3 rings (SSSR count). The minimum absolute atomic E-state index is 0.259. The van der Waals surface area contributed by atoms with E-state index in [1.54, 1.807) is 0 Å². The molecule has 2 aliphatic carbocycles. The van der Waals surface area contributed by atoms with E-state index < -0.39 is 0 Å². The average Bonchev–Trinajstić information content (AvgIpc) is 2.96. The lowest BCUT2D eigenvalue weighted by Crippen LogP contribution is -2.19. The van der Waals surface area contributed by atoms with Crippen molar-refractivity contribution in [2.24, 2.45) is 17.8 Å². The van der Waals surface area contributed by atoms with E-state index in [1.807, 2.05) is 0 Å². The van der Waals surface area contributed by atoms with Crippen molar-refractivity contribution < 1.29 is 5.11 Å². The minimum atomic E-state index is -0.259. The van der Waals surface area contributed by atoms with Crippen molar-refractivity contribution >= 4 is 15.9 Å². The van der Waals surface area contributed by atoms with Gasteiger partial charge in [-0.3, -0.25) is 0 Å². The first-order chi connectivity index (χ1) is 8.56. The second-order valence-electron chi connectivity index (χ2n) is 6.25. The van der Waals surface area contributed by atoms with Crippen molar-refractivity contribution in [2.45, 2.75) is 45.6 Å². The maximum absolute atomic E-state index is 10.7. The topological polar surface area (TPSA) is 20.2 Å². The lowest BCUT2D eigenvalue weighted by atomic mass is 9.81. The molecule has 0 amide bonds. The Balaban J connectivity index is 1.86. The lowest BCUT2D eigenvalue weighted by molar-refractivity contribution is 0.0744. The Morgan fingerprint density at radius 1 is 1.17 bits per heavy atom. The standard InChI is InChI=1S/C16H21BrO/c1-9-5-13(6-10(2)15(9)17)16(18)14-8-11-3-4-12(14)7-11/h5-6,11-12,14,16,18H,3-4,7-8H2,1-2H3. The first-order valence-electron chi connectivity index (χ1n) is 7.01. The third kappa shape index (κ3) is 2.04. The van der Waals surface area contributed by atoms with Crippen molar-refractivity contribution in [2.75, 3.05) is 0 Å². The van der Waals surface area contributed by atoms with E-state index in [1.165, 1.54) is 41.3 Å². The summed E-state index contributed by atoms with van der Waals surface area (Å²) in [6.45, 7) is 4.21. The molecule has 2 fully saturated rings. The number of aliphatic hydroxyl groups is 1. The Hall–Kier alpha value is -0.340. The summed E-state index contributed by atoms with van der Waals surface area (Å²) in [5.41, 5.74) is 3.57. The Labute approximate surface area is 118 Å². The van der Waals surface area contributed by atoms with Crippen LogP contribution >= 0.6 is 15.9 Å². The van der Waals surface area contributed by atoms with Gasteiger partial charge >= 0.3 is 0 Å². The molecule has 2 saturated carbocycles. The normalized spacial score (nSPS) is 31.9. The molecule has 2 aliphatic rings. The van der Waals surface area contributed by atoms with Gasteiger partial charge in [0.15, 0.2) is 0 Å². The largest absolute Gasteiger partial charge is 0.388 e. The molecule has 4 atom stereocenters. The second kappa shape index (κ2) is 4.64. The lowest BCUT2D eigenvalue weighted by Gasteiger charge is -2.27. The van der Waals surface area contributed by atoms with Crippen LogP contribution in [0.25, 0.3) is 0 Å². The molecule has 0 saturated heterocycles. The fraction of sp³-hybridized carbons (Fsp3) is 0.625. The van der Waals surface area contributed by atoms with Gasteiger partial charge in [0.2, 0.25) is 0 Å². The van der Waals surface area contributed by atoms with E-state index in [9.17, 15) is 5.11 Å². The minimum Gasteiger partial charge on any atom is -0.388 e. The number of aliphatic hydroxyl groups excluding tert-OH is 1. The molecular weight excluding hydrogens is 288 g/mol. The van der Waals surface area contributed by atoms with Crippen LogP contribution < -0.4 is 0 Å². The van der Waals surface area contributed by atoms with E-state index in [2.05, 4.69) is 41.9 Å². The van der Waals surface area contributed by atoms with Gasteiger partial charge in [0.25, 0.3) is 0 Å². The molecule has 1 aromatic carbocycles. The van der Waals surface area contributed by atoms with E-state index in [0.29, 0.717) is 5.92 Å². The van der Waals surface area contributed by atoms with Gasteiger partial charge in [-0.1, -0.05) is 34.5 Å². The van der Waals surface area contributed by atoms with Crippen LogP contribution in [-0.4, -0.2) is 5.11 Å². The monoisotopic (exact) mass is 308 g/mol. The molecule has 1 aromatic rings. The molecule has 0 aromatic heterocycles. The predicted molar refractivity (Wildman–Crippen MR) is 77.5 cm³/mol. The van der Waals surface area contributed by atoms with Crippen molar-refractivity contribution in [1.82, 2.24) is 0 Å². The first kappa shape index (κ1) is 12.7. The highest BCUT2D eigenvalue weighted by Gasteiger charge is 2.43. The van der Waals surface area contributed by atoms with Gasteiger partial charge in [-0.25, -0.2) is 0 Å². The average molecular weight is 309 g/mol. The number of hydrogen-bond donors (Lipinski definition) is 1. The highest BCUT2D eigenvalue weighted by molar-refractivity contribution is 9.10. The third-order valence-electron chi connectivity index (χ3n) is 5.00. The van der Waals surface area contributed by atoms with Gasteiger partial charge in [-0.2, -0.15) is 0 Å². The van der Waals surface area contributed by atoms with Gasteiger partial charge in [0.1, 0.15) is 0 Å². The van der Waals surface area contributed by atoms with Crippen LogP contribution in [0.1, 0.15) is 48.5 Å². The van der Waals surface area contributed by atoms with Crippen LogP contribution in [0.5, 0.6) is 0 Å². The molecule has 0 heterocycles. The number of hydrogen-bond acceptors (Lipinski definition) is 1. The fourth-order valence-corrected chi connectivity index (χ4v) is 4.31. The zero-order valence-electron chi connectivity index (χ0n) is 11.1. The Morgan fingerprint density at radius 2 is 1.83 bits per heavy atom. The van der Waals surface area contributed by atoms with Gasteiger partial charge in [0, 0.05) is 4.47 Å². The second-order valence-corrected chi connectivity index (χ2v) is 7.05.